The molecule has 22 heavy (non-hydrogen) atoms. The van der Waals surface area contributed by atoms with Crippen LogP contribution in [-0.4, -0.2) is 23.8 Å². The third-order valence-corrected chi connectivity index (χ3v) is 3.39. The van der Waals surface area contributed by atoms with Crippen LogP contribution in [0.5, 0.6) is 0 Å². The molecule has 0 saturated heterocycles. The Morgan fingerprint density at radius 3 is 2.32 bits per heavy atom. The van der Waals surface area contributed by atoms with Gasteiger partial charge in [-0.3, -0.25) is 0 Å². The highest BCUT2D eigenvalue weighted by Gasteiger charge is 2.27. The number of carbonyl (C=O) groups excluding carboxylic acids is 1. The standard InChI is InChI=1S/C16H22F2N2O2/c1-16(2,3)22-15(21)20-13-5-4-12(9-13)19-14-7-10(17)6-11(18)8-14/h6-8,12-13,19H,4-5,9H2,1-3H3,(H,20,21). The summed E-state index contributed by atoms with van der Waals surface area (Å²) in [5, 5.41) is 5.93. The molecule has 0 spiro atoms. The minimum atomic E-state index is -0.607. The van der Waals surface area contributed by atoms with Crippen LogP contribution in [0.2, 0.25) is 0 Å². The third-order valence-electron chi connectivity index (χ3n) is 3.39. The molecule has 2 rings (SSSR count). The predicted octanol–water partition coefficient (Wildman–Crippen LogP) is 3.82. The summed E-state index contributed by atoms with van der Waals surface area (Å²) in [6.45, 7) is 5.43. The quantitative estimate of drug-likeness (QED) is 0.892. The molecule has 122 valence electrons. The summed E-state index contributed by atoms with van der Waals surface area (Å²) in [4.78, 5) is 11.7. The van der Waals surface area contributed by atoms with Crippen molar-refractivity contribution in [2.75, 3.05) is 5.32 Å². The van der Waals surface area contributed by atoms with Gasteiger partial charge in [-0.2, -0.15) is 0 Å². The molecule has 0 heterocycles. The summed E-state index contributed by atoms with van der Waals surface area (Å²) < 4.78 is 31.5. The SMILES string of the molecule is CC(C)(C)OC(=O)NC1CCC(Nc2cc(F)cc(F)c2)C1. The Kier molecular flexibility index (Phi) is 4.88. The molecule has 1 saturated carbocycles. The topological polar surface area (TPSA) is 50.4 Å². The molecule has 0 aromatic heterocycles. The molecule has 1 fully saturated rings. The molecule has 1 aliphatic carbocycles. The molecule has 1 aliphatic rings. The maximum Gasteiger partial charge on any atom is 0.407 e. The van der Waals surface area contributed by atoms with Crippen molar-refractivity contribution >= 4 is 11.8 Å². The number of benzene rings is 1. The van der Waals surface area contributed by atoms with E-state index < -0.39 is 23.3 Å². The van der Waals surface area contributed by atoms with Crippen molar-refractivity contribution in [3.05, 3.63) is 29.8 Å². The molecule has 6 heteroatoms. The van der Waals surface area contributed by atoms with Crippen molar-refractivity contribution in [2.45, 2.75) is 57.7 Å². The molecule has 1 amide bonds. The van der Waals surface area contributed by atoms with E-state index in [1.807, 2.05) is 20.8 Å². The third kappa shape index (κ3) is 5.16. The molecular weight excluding hydrogens is 290 g/mol. The van der Waals surface area contributed by atoms with E-state index in [0.29, 0.717) is 12.1 Å². The Balaban J connectivity index is 1.84. The summed E-state index contributed by atoms with van der Waals surface area (Å²) in [7, 11) is 0. The van der Waals surface area contributed by atoms with E-state index >= 15 is 0 Å². The number of nitrogens with one attached hydrogen (secondary N) is 2. The Morgan fingerprint density at radius 2 is 1.73 bits per heavy atom. The summed E-state index contributed by atoms with van der Waals surface area (Å²) in [5.41, 5.74) is -0.111. The second-order valence-corrected chi connectivity index (χ2v) is 6.66. The van der Waals surface area contributed by atoms with Crippen LogP contribution < -0.4 is 10.6 Å². The van der Waals surface area contributed by atoms with Crippen LogP contribution in [0.25, 0.3) is 0 Å². The van der Waals surface area contributed by atoms with Gasteiger partial charge in [0.2, 0.25) is 0 Å². The van der Waals surface area contributed by atoms with Gasteiger partial charge in [-0.25, -0.2) is 13.6 Å². The van der Waals surface area contributed by atoms with E-state index in [9.17, 15) is 13.6 Å². The number of hydrogen-bond acceptors (Lipinski definition) is 3. The van der Waals surface area contributed by atoms with Gasteiger partial charge in [-0.15, -0.1) is 0 Å². The van der Waals surface area contributed by atoms with Crippen molar-refractivity contribution in [3.63, 3.8) is 0 Å². The Hall–Kier alpha value is -1.85. The van der Waals surface area contributed by atoms with Crippen molar-refractivity contribution < 1.29 is 18.3 Å². The lowest BCUT2D eigenvalue weighted by Gasteiger charge is -2.22. The minimum absolute atomic E-state index is 0.00533. The summed E-state index contributed by atoms with van der Waals surface area (Å²) in [6, 6.07) is 3.44. The number of halogens is 2. The van der Waals surface area contributed by atoms with Crippen molar-refractivity contribution in [1.29, 1.82) is 0 Å². The Labute approximate surface area is 129 Å². The number of rotatable bonds is 3. The zero-order valence-electron chi connectivity index (χ0n) is 13.1. The van der Waals surface area contributed by atoms with Gasteiger partial charge in [-0.05, 0) is 52.2 Å². The molecule has 0 bridgehead atoms. The van der Waals surface area contributed by atoms with Crippen LogP contribution in [0.15, 0.2) is 18.2 Å². The van der Waals surface area contributed by atoms with E-state index in [2.05, 4.69) is 10.6 Å². The molecular formula is C16H22F2N2O2. The first-order chi connectivity index (χ1) is 10.2. The van der Waals surface area contributed by atoms with E-state index in [4.69, 9.17) is 4.74 Å². The summed E-state index contributed by atoms with van der Waals surface area (Å²) >= 11 is 0. The smallest absolute Gasteiger partial charge is 0.407 e. The van der Waals surface area contributed by atoms with E-state index in [-0.39, 0.29) is 12.1 Å². The fourth-order valence-corrected chi connectivity index (χ4v) is 2.59. The van der Waals surface area contributed by atoms with Crippen molar-refractivity contribution in [1.82, 2.24) is 5.32 Å². The molecule has 0 radical (unpaired) electrons. The first-order valence-electron chi connectivity index (χ1n) is 7.43. The van der Waals surface area contributed by atoms with Gasteiger partial charge in [-0.1, -0.05) is 0 Å². The van der Waals surface area contributed by atoms with Crippen LogP contribution in [-0.2, 0) is 4.74 Å². The monoisotopic (exact) mass is 312 g/mol. The van der Waals surface area contributed by atoms with Crippen LogP contribution in [0, 0.1) is 11.6 Å². The Morgan fingerprint density at radius 1 is 1.14 bits per heavy atom. The number of carbonyl (C=O) groups is 1. The lowest BCUT2D eigenvalue weighted by molar-refractivity contribution is 0.0505. The normalized spacial score (nSPS) is 21.5. The average molecular weight is 312 g/mol. The number of anilines is 1. The zero-order chi connectivity index (χ0) is 16.3. The molecule has 2 atom stereocenters. The maximum atomic E-state index is 13.2. The number of amides is 1. The number of ether oxygens (including phenoxy) is 1. The second-order valence-electron chi connectivity index (χ2n) is 6.66. The van der Waals surface area contributed by atoms with Gasteiger partial charge in [0.05, 0.1) is 0 Å². The molecule has 4 nitrogen and oxygen atoms in total. The minimum Gasteiger partial charge on any atom is -0.444 e. The van der Waals surface area contributed by atoms with E-state index in [1.165, 1.54) is 12.1 Å². The molecule has 1 aromatic rings. The highest BCUT2D eigenvalue weighted by atomic mass is 19.1. The van der Waals surface area contributed by atoms with Gasteiger partial charge >= 0.3 is 6.09 Å². The predicted molar refractivity (Wildman–Crippen MR) is 80.8 cm³/mol. The second kappa shape index (κ2) is 6.50. The number of alkyl carbamates (subject to hydrolysis) is 1. The van der Waals surface area contributed by atoms with Gasteiger partial charge < -0.3 is 15.4 Å². The van der Waals surface area contributed by atoms with Crippen LogP contribution >= 0.6 is 0 Å². The first-order valence-corrected chi connectivity index (χ1v) is 7.43. The molecule has 2 N–H and O–H groups in total. The number of hydrogen-bond donors (Lipinski definition) is 2. The van der Waals surface area contributed by atoms with E-state index in [0.717, 1.165) is 18.9 Å². The van der Waals surface area contributed by atoms with Crippen LogP contribution in [0.1, 0.15) is 40.0 Å². The lowest BCUT2D eigenvalue weighted by Crippen LogP contribution is -2.38. The highest BCUT2D eigenvalue weighted by Crippen LogP contribution is 2.24. The Bertz CT molecular complexity index is 523. The zero-order valence-corrected chi connectivity index (χ0v) is 13.1. The molecule has 0 aliphatic heterocycles. The highest BCUT2D eigenvalue weighted by molar-refractivity contribution is 5.68. The van der Waals surface area contributed by atoms with Gasteiger partial charge in [0.25, 0.3) is 0 Å². The average Bonchev–Trinajstić information content (AvgIpc) is 2.71. The molecule has 1 aromatic carbocycles. The largest absolute Gasteiger partial charge is 0.444 e. The lowest BCUT2D eigenvalue weighted by atomic mass is 10.2. The van der Waals surface area contributed by atoms with Crippen molar-refractivity contribution in [3.8, 4) is 0 Å². The van der Waals surface area contributed by atoms with Gasteiger partial charge in [0.15, 0.2) is 0 Å². The fourth-order valence-electron chi connectivity index (χ4n) is 2.59. The first kappa shape index (κ1) is 16.5. The van der Waals surface area contributed by atoms with Crippen LogP contribution in [0.4, 0.5) is 19.3 Å². The van der Waals surface area contributed by atoms with Crippen molar-refractivity contribution in [2.24, 2.45) is 0 Å². The summed E-state index contributed by atoms with van der Waals surface area (Å²) in [5.74, 6) is -1.21. The van der Waals surface area contributed by atoms with Gasteiger partial charge in [0, 0.05) is 23.8 Å². The summed E-state index contributed by atoms with van der Waals surface area (Å²) in [6.07, 6.45) is 1.87. The fraction of sp³-hybridized carbons (Fsp3) is 0.562. The van der Waals surface area contributed by atoms with E-state index in [1.54, 1.807) is 0 Å². The molecule has 2 unspecified atom stereocenters. The maximum absolute atomic E-state index is 13.2. The van der Waals surface area contributed by atoms with Gasteiger partial charge in [0.1, 0.15) is 17.2 Å². The van der Waals surface area contributed by atoms with Crippen LogP contribution in [0.3, 0.4) is 0 Å².